The Labute approximate surface area is 98.4 Å². The lowest BCUT2D eigenvalue weighted by molar-refractivity contribution is 0.0239. The van der Waals surface area contributed by atoms with E-state index in [0.29, 0.717) is 12.5 Å². The van der Waals surface area contributed by atoms with E-state index in [4.69, 9.17) is 4.74 Å². The van der Waals surface area contributed by atoms with Crippen molar-refractivity contribution in [1.82, 2.24) is 0 Å². The Hall–Kier alpha value is -0.540. The molecule has 3 heteroatoms. The summed E-state index contributed by atoms with van der Waals surface area (Å²) in [5.74, 6) is 1.25. The Bertz CT molecular complexity index is 323. The van der Waals surface area contributed by atoms with Gasteiger partial charge in [0.1, 0.15) is 12.4 Å². The number of para-hydroxylation sites is 1. The molecule has 0 bridgehead atoms. The molecule has 1 fully saturated rings. The molecule has 0 aromatic heterocycles. The lowest BCUT2D eigenvalue weighted by atomic mass is 9.81. The van der Waals surface area contributed by atoms with Crippen LogP contribution in [0.3, 0.4) is 0 Å². The Kier molecular flexibility index (Phi) is 3.65. The van der Waals surface area contributed by atoms with Gasteiger partial charge in [0.05, 0.1) is 10.6 Å². The summed E-state index contributed by atoms with van der Waals surface area (Å²) in [6.45, 7) is 0.396. The number of hydrogen-bond donors (Lipinski definition) is 1. The van der Waals surface area contributed by atoms with E-state index in [1.54, 1.807) is 0 Å². The molecule has 1 aliphatic carbocycles. The number of benzene rings is 1. The molecule has 1 atom stereocenters. The maximum absolute atomic E-state index is 9.78. The summed E-state index contributed by atoms with van der Waals surface area (Å²) < 4.78 is 6.49. The molecule has 2 rings (SSSR count). The maximum Gasteiger partial charge on any atom is 0.133 e. The molecule has 1 aliphatic rings. The van der Waals surface area contributed by atoms with Crippen LogP contribution in [0.15, 0.2) is 28.7 Å². The fourth-order valence-electron chi connectivity index (χ4n) is 1.70. The zero-order valence-electron chi connectivity index (χ0n) is 8.53. The van der Waals surface area contributed by atoms with E-state index in [1.807, 2.05) is 24.3 Å². The first-order chi connectivity index (χ1) is 7.27. The van der Waals surface area contributed by atoms with Crippen LogP contribution in [0.25, 0.3) is 0 Å². The third kappa shape index (κ3) is 2.73. The van der Waals surface area contributed by atoms with Gasteiger partial charge in [0.2, 0.25) is 0 Å². The molecule has 1 unspecified atom stereocenters. The van der Waals surface area contributed by atoms with E-state index in [9.17, 15) is 5.11 Å². The maximum atomic E-state index is 9.78. The highest BCUT2D eigenvalue weighted by atomic mass is 79.9. The third-order valence-corrected chi connectivity index (χ3v) is 3.60. The fraction of sp³-hybridized carbons (Fsp3) is 0.500. The van der Waals surface area contributed by atoms with Gasteiger partial charge in [0, 0.05) is 0 Å². The molecule has 82 valence electrons. The minimum absolute atomic E-state index is 0.314. The summed E-state index contributed by atoms with van der Waals surface area (Å²) in [7, 11) is 0. The Morgan fingerprint density at radius 2 is 2.13 bits per heavy atom. The van der Waals surface area contributed by atoms with Gasteiger partial charge in [-0.05, 0) is 46.8 Å². The molecule has 2 nitrogen and oxygen atoms in total. The smallest absolute Gasteiger partial charge is 0.133 e. The van der Waals surface area contributed by atoms with Gasteiger partial charge in [0.25, 0.3) is 0 Å². The predicted molar refractivity (Wildman–Crippen MR) is 63.0 cm³/mol. The first-order valence-electron chi connectivity index (χ1n) is 5.33. The molecule has 0 spiro atoms. The van der Waals surface area contributed by atoms with Gasteiger partial charge in [-0.2, -0.15) is 0 Å². The minimum atomic E-state index is -0.314. The number of rotatable bonds is 4. The second-order valence-electron chi connectivity index (χ2n) is 4.00. The zero-order chi connectivity index (χ0) is 10.7. The largest absolute Gasteiger partial charge is 0.490 e. The second kappa shape index (κ2) is 4.99. The van der Waals surface area contributed by atoms with Crippen LogP contribution in [0.5, 0.6) is 5.75 Å². The van der Waals surface area contributed by atoms with E-state index < -0.39 is 0 Å². The van der Waals surface area contributed by atoms with Crippen molar-refractivity contribution >= 4 is 15.9 Å². The van der Waals surface area contributed by atoms with Gasteiger partial charge in [-0.25, -0.2) is 0 Å². The van der Waals surface area contributed by atoms with Crippen molar-refractivity contribution in [3.05, 3.63) is 28.7 Å². The molecule has 0 heterocycles. The Morgan fingerprint density at radius 3 is 2.73 bits per heavy atom. The van der Waals surface area contributed by atoms with Crippen molar-refractivity contribution in [2.75, 3.05) is 6.61 Å². The van der Waals surface area contributed by atoms with Gasteiger partial charge in [0.15, 0.2) is 0 Å². The van der Waals surface area contributed by atoms with Crippen molar-refractivity contribution in [3.63, 3.8) is 0 Å². The highest BCUT2D eigenvalue weighted by Gasteiger charge is 2.25. The average Bonchev–Trinajstić information content (AvgIpc) is 2.14. The van der Waals surface area contributed by atoms with Crippen LogP contribution in [0, 0.1) is 5.92 Å². The van der Waals surface area contributed by atoms with Gasteiger partial charge in [-0.3, -0.25) is 0 Å². The molecule has 1 aromatic carbocycles. The first kappa shape index (κ1) is 11.0. The summed E-state index contributed by atoms with van der Waals surface area (Å²) in [5.41, 5.74) is 0. The van der Waals surface area contributed by atoms with E-state index in [2.05, 4.69) is 15.9 Å². The molecule has 0 aliphatic heterocycles. The standard InChI is InChI=1S/C12H15BrO2/c13-10-6-1-2-7-12(10)15-8-11(14)9-4-3-5-9/h1-2,6-7,9,11,14H,3-5,8H2. The lowest BCUT2D eigenvalue weighted by Gasteiger charge is -2.30. The van der Waals surface area contributed by atoms with Crippen LogP contribution < -0.4 is 4.74 Å². The first-order valence-corrected chi connectivity index (χ1v) is 6.12. The quantitative estimate of drug-likeness (QED) is 0.912. The van der Waals surface area contributed by atoms with Gasteiger partial charge in [-0.15, -0.1) is 0 Å². The van der Waals surface area contributed by atoms with E-state index in [1.165, 1.54) is 6.42 Å². The van der Waals surface area contributed by atoms with Crippen LogP contribution in [0.4, 0.5) is 0 Å². The molecule has 1 saturated carbocycles. The molecule has 0 saturated heterocycles. The lowest BCUT2D eigenvalue weighted by Crippen LogP contribution is -2.31. The molecule has 15 heavy (non-hydrogen) atoms. The van der Waals surface area contributed by atoms with Crippen LogP contribution in [-0.2, 0) is 0 Å². The minimum Gasteiger partial charge on any atom is -0.490 e. The van der Waals surface area contributed by atoms with Gasteiger partial charge in [-0.1, -0.05) is 18.6 Å². The van der Waals surface area contributed by atoms with Gasteiger partial charge >= 0.3 is 0 Å². The number of aliphatic hydroxyl groups is 1. The molecule has 0 amide bonds. The van der Waals surface area contributed by atoms with Gasteiger partial charge < -0.3 is 9.84 Å². The summed E-state index contributed by atoms with van der Waals surface area (Å²) in [6.07, 6.45) is 3.21. The van der Waals surface area contributed by atoms with Crippen molar-refractivity contribution < 1.29 is 9.84 Å². The zero-order valence-corrected chi connectivity index (χ0v) is 10.1. The summed E-state index contributed by atoms with van der Waals surface area (Å²) in [5, 5.41) is 9.78. The van der Waals surface area contributed by atoms with E-state index >= 15 is 0 Å². The highest BCUT2D eigenvalue weighted by molar-refractivity contribution is 9.10. The van der Waals surface area contributed by atoms with E-state index in [-0.39, 0.29) is 6.10 Å². The van der Waals surface area contributed by atoms with Crippen LogP contribution >= 0.6 is 15.9 Å². The van der Waals surface area contributed by atoms with Crippen molar-refractivity contribution in [2.24, 2.45) is 5.92 Å². The molecule has 0 radical (unpaired) electrons. The van der Waals surface area contributed by atoms with Crippen LogP contribution in [0.2, 0.25) is 0 Å². The third-order valence-electron chi connectivity index (χ3n) is 2.94. The molecular formula is C12H15BrO2. The number of hydrogen-bond acceptors (Lipinski definition) is 2. The van der Waals surface area contributed by atoms with Crippen molar-refractivity contribution in [1.29, 1.82) is 0 Å². The Morgan fingerprint density at radius 1 is 1.40 bits per heavy atom. The Balaban J connectivity index is 1.84. The highest BCUT2D eigenvalue weighted by Crippen LogP contribution is 2.30. The predicted octanol–water partition coefficient (Wildman–Crippen LogP) is 2.99. The summed E-state index contributed by atoms with van der Waals surface area (Å²) >= 11 is 3.41. The van der Waals surface area contributed by atoms with E-state index in [0.717, 1.165) is 23.1 Å². The molecule has 1 N–H and O–H groups in total. The number of aliphatic hydroxyl groups excluding tert-OH is 1. The second-order valence-corrected chi connectivity index (χ2v) is 4.85. The van der Waals surface area contributed by atoms with Crippen molar-refractivity contribution in [3.8, 4) is 5.75 Å². The number of ether oxygens (including phenoxy) is 1. The van der Waals surface area contributed by atoms with Crippen LogP contribution in [-0.4, -0.2) is 17.8 Å². The SMILES string of the molecule is OC(COc1ccccc1Br)C1CCC1. The average molecular weight is 271 g/mol. The molecular weight excluding hydrogens is 256 g/mol. The van der Waals surface area contributed by atoms with Crippen LogP contribution in [0.1, 0.15) is 19.3 Å². The fourth-order valence-corrected chi connectivity index (χ4v) is 2.10. The summed E-state index contributed by atoms with van der Waals surface area (Å²) in [4.78, 5) is 0. The summed E-state index contributed by atoms with van der Waals surface area (Å²) in [6, 6.07) is 7.71. The topological polar surface area (TPSA) is 29.5 Å². The number of halogens is 1. The van der Waals surface area contributed by atoms with Crippen molar-refractivity contribution in [2.45, 2.75) is 25.4 Å². The normalized spacial score (nSPS) is 18.3. The monoisotopic (exact) mass is 270 g/mol. The molecule has 1 aromatic rings.